The fourth-order valence-corrected chi connectivity index (χ4v) is 1.76. The average Bonchev–Trinajstić information content (AvgIpc) is 2.73. The molecule has 0 saturated carbocycles. The third-order valence-corrected chi connectivity index (χ3v) is 2.79. The summed E-state index contributed by atoms with van der Waals surface area (Å²) in [7, 11) is 0. The lowest BCUT2D eigenvalue weighted by Crippen LogP contribution is -2.51. The monoisotopic (exact) mass is 298 g/mol. The van der Waals surface area contributed by atoms with Crippen molar-refractivity contribution in [1.82, 2.24) is 20.4 Å². The predicted octanol–water partition coefficient (Wildman–Crippen LogP) is 1.21. The third kappa shape index (κ3) is 5.80. The first-order valence-corrected chi connectivity index (χ1v) is 6.76. The van der Waals surface area contributed by atoms with Gasteiger partial charge in [-0.1, -0.05) is 5.16 Å². The molecular formula is C13H22N4O4. The lowest BCUT2D eigenvalue weighted by molar-refractivity contribution is -0.137. The van der Waals surface area contributed by atoms with E-state index in [1.807, 2.05) is 20.8 Å². The number of aromatic nitrogens is 2. The van der Waals surface area contributed by atoms with Gasteiger partial charge in [-0.2, -0.15) is 4.98 Å². The quantitative estimate of drug-likeness (QED) is 0.817. The van der Waals surface area contributed by atoms with E-state index in [0.29, 0.717) is 24.7 Å². The number of nitrogens with zero attached hydrogens (tertiary/aromatic N) is 3. The van der Waals surface area contributed by atoms with Gasteiger partial charge in [-0.15, -0.1) is 0 Å². The van der Waals surface area contributed by atoms with Crippen LogP contribution in [0.25, 0.3) is 0 Å². The second-order valence-electron chi connectivity index (χ2n) is 5.68. The van der Waals surface area contributed by atoms with Gasteiger partial charge in [0.05, 0.1) is 6.42 Å². The number of amides is 2. The molecule has 0 saturated heterocycles. The Bertz CT molecular complexity index is 493. The Morgan fingerprint density at radius 3 is 2.52 bits per heavy atom. The SMILES string of the molecule is Cc1noc(CCNC(=O)N(CCC(=O)O)C(C)(C)C)n1. The largest absolute Gasteiger partial charge is 0.481 e. The minimum Gasteiger partial charge on any atom is -0.481 e. The molecule has 0 unspecified atom stereocenters. The molecule has 0 radical (unpaired) electrons. The number of hydrogen-bond acceptors (Lipinski definition) is 5. The van der Waals surface area contributed by atoms with Crippen LogP contribution in [0.1, 0.15) is 38.9 Å². The summed E-state index contributed by atoms with van der Waals surface area (Å²) in [6.07, 6.45) is 0.344. The summed E-state index contributed by atoms with van der Waals surface area (Å²) < 4.78 is 4.95. The van der Waals surface area contributed by atoms with E-state index in [0.717, 1.165) is 0 Å². The zero-order chi connectivity index (χ0) is 16.0. The van der Waals surface area contributed by atoms with Crippen LogP contribution in [0.15, 0.2) is 4.52 Å². The number of rotatable bonds is 6. The Kier molecular flexibility index (Phi) is 5.69. The van der Waals surface area contributed by atoms with Crippen LogP contribution in [0, 0.1) is 6.92 Å². The fourth-order valence-electron chi connectivity index (χ4n) is 1.76. The first kappa shape index (κ1) is 16.9. The Labute approximate surface area is 123 Å². The third-order valence-electron chi connectivity index (χ3n) is 2.79. The van der Waals surface area contributed by atoms with E-state index >= 15 is 0 Å². The first-order chi connectivity index (χ1) is 9.70. The molecule has 8 heteroatoms. The second kappa shape index (κ2) is 7.05. The molecule has 21 heavy (non-hydrogen) atoms. The normalized spacial score (nSPS) is 11.2. The first-order valence-electron chi connectivity index (χ1n) is 6.76. The lowest BCUT2D eigenvalue weighted by Gasteiger charge is -2.35. The van der Waals surface area contributed by atoms with Gasteiger partial charge < -0.3 is 19.8 Å². The number of urea groups is 1. The molecule has 0 aliphatic heterocycles. The topological polar surface area (TPSA) is 109 Å². The van der Waals surface area contributed by atoms with Crippen molar-refractivity contribution in [3.05, 3.63) is 11.7 Å². The summed E-state index contributed by atoms with van der Waals surface area (Å²) >= 11 is 0. The van der Waals surface area contributed by atoms with Gasteiger partial charge in [0.2, 0.25) is 5.89 Å². The maximum atomic E-state index is 12.2. The molecule has 0 fully saturated rings. The number of carbonyl (C=O) groups excluding carboxylic acids is 1. The van der Waals surface area contributed by atoms with Crippen molar-refractivity contribution in [2.75, 3.05) is 13.1 Å². The molecule has 118 valence electrons. The molecule has 0 aliphatic carbocycles. The molecule has 2 amide bonds. The minimum atomic E-state index is -0.932. The van der Waals surface area contributed by atoms with Gasteiger partial charge in [0.25, 0.3) is 0 Å². The van der Waals surface area contributed by atoms with Crippen LogP contribution < -0.4 is 5.32 Å². The summed E-state index contributed by atoms with van der Waals surface area (Å²) in [4.78, 5) is 28.4. The molecule has 1 heterocycles. The second-order valence-corrected chi connectivity index (χ2v) is 5.68. The van der Waals surface area contributed by atoms with Gasteiger partial charge in [-0.3, -0.25) is 4.79 Å². The van der Waals surface area contributed by atoms with Crippen LogP contribution in [-0.4, -0.2) is 50.8 Å². The van der Waals surface area contributed by atoms with Gasteiger partial charge in [0.15, 0.2) is 5.82 Å². The van der Waals surface area contributed by atoms with Crippen molar-refractivity contribution in [1.29, 1.82) is 0 Å². The van der Waals surface area contributed by atoms with Crippen molar-refractivity contribution in [2.24, 2.45) is 0 Å². The summed E-state index contributed by atoms with van der Waals surface area (Å²) in [5.74, 6) is 0.0770. The van der Waals surface area contributed by atoms with Crippen LogP contribution in [0.5, 0.6) is 0 Å². The van der Waals surface area contributed by atoms with Crippen molar-refractivity contribution >= 4 is 12.0 Å². The number of hydrogen-bond donors (Lipinski definition) is 2. The number of aliphatic carboxylic acids is 1. The summed E-state index contributed by atoms with van der Waals surface area (Å²) in [5.41, 5.74) is -0.458. The predicted molar refractivity (Wildman–Crippen MR) is 74.8 cm³/mol. The van der Waals surface area contributed by atoms with E-state index in [9.17, 15) is 9.59 Å². The van der Waals surface area contributed by atoms with Crippen LogP contribution in [-0.2, 0) is 11.2 Å². The molecule has 8 nitrogen and oxygen atoms in total. The van der Waals surface area contributed by atoms with E-state index in [-0.39, 0.29) is 19.0 Å². The van der Waals surface area contributed by atoms with Gasteiger partial charge >= 0.3 is 12.0 Å². The molecule has 1 aromatic heterocycles. The van der Waals surface area contributed by atoms with Crippen LogP contribution in [0.3, 0.4) is 0 Å². The zero-order valence-corrected chi connectivity index (χ0v) is 12.8. The highest BCUT2D eigenvalue weighted by atomic mass is 16.5. The number of carbonyl (C=O) groups is 2. The number of carboxylic acid groups (broad SMARTS) is 1. The number of aryl methyl sites for hydroxylation is 1. The van der Waals surface area contributed by atoms with E-state index in [1.54, 1.807) is 6.92 Å². The van der Waals surface area contributed by atoms with Crippen LogP contribution >= 0.6 is 0 Å². The van der Waals surface area contributed by atoms with E-state index in [1.165, 1.54) is 4.90 Å². The molecule has 0 atom stereocenters. The Morgan fingerprint density at radius 2 is 2.05 bits per heavy atom. The Balaban J connectivity index is 2.50. The molecule has 1 rings (SSSR count). The average molecular weight is 298 g/mol. The number of nitrogens with one attached hydrogen (secondary N) is 1. The summed E-state index contributed by atoms with van der Waals surface area (Å²) in [6, 6.07) is -0.306. The lowest BCUT2D eigenvalue weighted by atomic mass is 10.1. The molecule has 1 aromatic rings. The highest BCUT2D eigenvalue weighted by Crippen LogP contribution is 2.13. The number of carboxylic acids is 1. The minimum absolute atomic E-state index is 0.0897. The Morgan fingerprint density at radius 1 is 1.38 bits per heavy atom. The highest BCUT2D eigenvalue weighted by molar-refractivity contribution is 5.76. The van der Waals surface area contributed by atoms with Crippen molar-refractivity contribution in [3.8, 4) is 0 Å². The van der Waals surface area contributed by atoms with E-state index < -0.39 is 11.5 Å². The van der Waals surface area contributed by atoms with Crippen LogP contribution in [0.2, 0.25) is 0 Å². The van der Waals surface area contributed by atoms with Gasteiger partial charge in [-0.05, 0) is 27.7 Å². The van der Waals surface area contributed by atoms with Crippen molar-refractivity contribution in [2.45, 2.75) is 46.1 Å². The summed E-state index contributed by atoms with van der Waals surface area (Å²) in [6.45, 7) is 7.80. The highest BCUT2D eigenvalue weighted by Gasteiger charge is 2.26. The molecule has 0 aliphatic rings. The van der Waals surface area contributed by atoms with Crippen molar-refractivity contribution < 1.29 is 19.2 Å². The maximum Gasteiger partial charge on any atom is 0.317 e. The molecule has 0 aromatic carbocycles. The van der Waals surface area contributed by atoms with E-state index in [2.05, 4.69) is 15.5 Å². The van der Waals surface area contributed by atoms with Crippen LogP contribution in [0.4, 0.5) is 4.79 Å². The zero-order valence-electron chi connectivity index (χ0n) is 12.8. The molecule has 0 bridgehead atoms. The molecular weight excluding hydrogens is 276 g/mol. The van der Waals surface area contributed by atoms with Crippen molar-refractivity contribution in [3.63, 3.8) is 0 Å². The fraction of sp³-hybridized carbons (Fsp3) is 0.692. The van der Waals surface area contributed by atoms with E-state index in [4.69, 9.17) is 9.63 Å². The molecule has 2 N–H and O–H groups in total. The summed E-state index contributed by atoms with van der Waals surface area (Å²) in [5, 5.41) is 15.2. The Hall–Kier alpha value is -2.12. The standard InChI is InChI=1S/C13H22N4O4/c1-9-15-10(21-16-9)5-7-14-12(20)17(13(2,3)4)8-6-11(18)19/h5-8H2,1-4H3,(H,14,20)(H,18,19). The van der Waals surface area contributed by atoms with Gasteiger partial charge in [-0.25, -0.2) is 4.79 Å². The smallest absolute Gasteiger partial charge is 0.317 e. The van der Waals surface area contributed by atoms with Gasteiger partial charge in [0.1, 0.15) is 0 Å². The maximum absolute atomic E-state index is 12.2. The van der Waals surface area contributed by atoms with Gasteiger partial charge in [0, 0.05) is 25.0 Å². The molecule has 0 spiro atoms.